The molecular formula is C17H16N2O2. The minimum absolute atomic E-state index is 0.353. The average Bonchev–Trinajstić information content (AvgIpc) is 2.87. The molecule has 0 fully saturated rings. The zero-order valence-electron chi connectivity index (χ0n) is 11.7. The molecule has 3 aromatic rings. The van der Waals surface area contributed by atoms with Crippen molar-refractivity contribution >= 4 is 5.69 Å². The number of nitrogen functional groups attached to an aromatic ring is 1. The number of aryl methyl sites for hydroxylation is 1. The average molecular weight is 280 g/mol. The van der Waals surface area contributed by atoms with E-state index in [4.69, 9.17) is 14.9 Å². The van der Waals surface area contributed by atoms with Crippen LogP contribution in [-0.2, 0) is 6.61 Å². The molecule has 0 radical (unpaired) electrons. The van der Waals surface area contributed by atoms with Crippen LogP contribution in [-0.4, -0.2) is 4.98 Å². The summed E-state index contributed by atoms with van der Waals surface area (Å²) in [4.78, 5) is 4.49. The fourth-order valence-electron chi connectivity index (χ4n) is 2.02. The lowest BCUT2D eigenvalue weighted by Crippen LogP contribution is -1.98. The predicted molar refractivity (Wildman–Crippen MR) is 81.9 cm³/mol. The highest BCUT2D eigenvalue weighted by Gasteiger charge is 2.11. The van der Waals surface area contributed by atoms with Crippen LogP contribution in [0.25, 0.3) is 11.5 Å². The van der Waals surface area contributed by atoms with Crippen LogP contribution in [0.4, 0.5) is 5.69 Å². The van der Waals surface area contributed by atoms with Crippen LogP contribution >= 0.6 is 0 Å². The summed E-state index contributed by atoms with van der Waals surface area (Å²) in [5.74, 6) is 2.09. The number of benzene rings is 2. The van der Waals surface area contributed by atoms with Crippen LogP contribution in [0, 0.1) is 6.92 Å². The van der Waals surface area contributed by atoms with Gasteiger partial charge in [-0.3, -0.25) is 0 Å². The molecule has 0 unspecified atom stereocenters. The van der Waals surface area contributed by atoms with E-state index in [1.54, 1.807) is 6.07 Å². The van der Waals surface area contributed by atoms with Crippen LogP contribution in [0.2, 0.25) is 0 Å². The van der Waals surface area contributed by atoms with E-state index in [1.807, 2.05) is 55.5 Å². The number of oxazole rings is 1. The normalized spacial score (nSPS) is 10.5. The Morgan fingerprint density at radius 3 is 2.67 bits per heavy atom. The van der Waals surface area contributed by atoms with E-state index < -0.39 is 0 Å². The number of anilines is 1. The monoisotopic (exact) mass is 280 g/mol. The number of rotatable bonds is 4. The van der Waals surface area contributed by atoms with Gasteiger partial charge in [0.2, 0.25) is 5.89 Å². The molecule has 0 saturated carbocycles. The molecule has 21 heavy (non-hydrogen) atoms. The van der Waals surface area contributed by atoms with Crippen LogP contribution in [0.15, 0.2) is 59.0 Å². The van der Waals surface area contributed by atoms with Crippen LogP contribution in [0.5, 0.6) is 5.75 Å². The lowest BCUT2D eigenvalue weighted by Gasteiger charge is -2.04. The Bertz CT molecular complexity index is 736. The summed E-state index contributed by atoms with van der Waals surface area (Å²) in [7, 11) is 0. The Hall–Kier alpha value is -2.75. The van der Waals surface area contributed by atoms with Gasteiger partial charge in [-0.05, 0) is 31.2 Å². The molecule has 2 N–H and O–H groups in total. The summed E-state index contributed by atoms with van der Waals surface area (Å²) in [6.45, 7) is 2.24. The number of nitrogens with zero attached hydrogens (tertiary/aromatic N) is 1. The topological polar surface area (TPSA) is 61.3 Å². The van der Waals surface area contributed by atoms with Crippen molar-refractivity contribution < 1.29 is 9.15 Å². The minimum Gasteiger partial charge on any atom is -0.487 e. The maximum atomic E-state index is 5.72. The summed E-state index contributed by atoms with van der Waals surface area (Å²) in [5.41, 5.74) is 8.14. The third kappa shape index (κ3) is 3.05. The Balaban J connectivity index is 1.76. The second-order valence-corrected chi connectivity index (χ2v) is 4.75. The van der Waals surface area contributed by atoms with Gasteiger partial charge in [0, 0.05) is 17.3 Å². The first-order valence-electron chi connectivity index (χ1n) is 6.72. The molecule has 1 aromatic heterocycles. The second-order valence-electron chi connectivity index (χ2n) is 4.75. The molecule has 0 aliphatic carbocycles. The van der Waals surface area contributed by atoms with Crippen molar-refractivity contribution in [1.29, 1.82) is 0 Å². The summed E-state index contributed by atoms with van der Waals surface area (Å²) in [6.07, 6.45) is 0. The number of hydrogen-bond donors (Lipinski definition) is 1. The first-order chi connectivity index (χ1) is 10.2. The SMILES string of the molecule is Cc1oc(-c2ccccc2)nc1COc1cccc(N)c1. The fraction of sp³-hybridized carbons (Fsp3) is 0.118. The van der Waals surface area contributed by atoms with Gasteiger partial charge in [-0.2, -0.15) is 0 Å². The van der Waals surface area contributed by atoms with Crippen molar-refractivity contribution in [2.75, 3.05) is 5.73 Å². The van der Waals surface area contributed by atoms with Crippen molar-refractivity contribution in [2.45, 2.75) is 13.5 Å². The molecule has 0 aliphatic heterocycles. The smallest absolute Gasteiger partial charge is 0.226 e. The van der Waals surface area contributed by atoms with E-state index in [0.717, 1.165) is 22.8 Å². The lowest BCUT2D eigenvalue weighted by atomic mass is 10.2. The van der Waals surface area contributed by atoms with Crippen molar-refractivity contribution in [3.05, 3.63) is 66.1 Å². The largest absolute Gasteiger partial charge is 0.487 e. The molecule has 0 amide bonds. The Morgan fingerprint density at radius 2 is 1.90 bits per heavy atom. The van der Waals surface area contributed by atoms with E-state index in [1.165, 1.54) is 0 Å². The van der Waals surface area contributed by atoms with Crippen LogP contribution in [0.1, 0.15) is 11.5 Å². The van der Waals surface area contributed by atoms with Gasteiger partial charge >= 0.3 is 0 Å². The molecule has 4 nitrogen and oxygen atoms in total. The number of nitrogens with two attached hydrogens (primary N) is 1. The molecule has 1 heterocycles. The van der Waals surface area contributed by atoms with Crippen LogP contribution < -0.4 is 10.5 Å². The van der Waals surface area contributed by atoms with Crippen molar-refractivity contribution in [1.82, 2.24) is 4.98 Å². The maximum Gasteiger partial charge on any atom is 0.226 e. The highest BCUT2D eigenvalue weighted by atomic mass is 16.5. The Morgan fingerprint density at radius 1 is 1.10 bits per heavy atom. The zero-order chi connectivity index (χ0) is 14.7. The molecule has 0 saturated heterocycles. The van der Waals surface area contributed by atoms with E-state index in [-0.39, 0.29) is 0 Å². The van der Waals surface area contributed by atoms with Crippen molar-refractivity contribution in [2.24, 2.45) is 0 Å². The molecule has 0 aliphatic rings. The van der Waals surface area contributed by atoms with Crippen molar-refractivity contribution in [3.8, 4) is 17.2 Å². The lowest BCUT2D eigenvalue weighted by molar-refractivity contribution is 0.299. The highest BCUT2D eigenvalue weighted by molar-refractivity contribution is 5.53. The first kappa shape index (κ1) is 13.2. The van der Waals surface area contributed by atoms with Crippen LogP contribution in [0.3, 0.4) is 0 Å². The van der Waals surface area contributed by atoms with Gasteiger partial charge < -0.3 is 14.9 Å². The van der Waals surface area contributed by atoms with Gasteiger partial charge in [0.05, 0.1) is 0 Å². The quantitative estimate of drug-likeness (QED) is 0.738. The molecule has 2 aromatic carbocycles. The standard InChI is InChI=1S/C17H16N2O2/c1-12-16(11-20-15-9-5-8-14(18)10-15)19-17(21-12)13-6-3-2-4-7-13/h2-10H,11,18H2,1H3. The van der Waals surface area contributed by atoms with Crippen molar-refractivity contribution in [3.63, 3.8) is 0 Å². The second kappa shape index (κ2) is 5.71. The van der Waals surface area contributed by atoms with E-state index in [2.05, 4.69) is 4.98 Å². The summed E-state index contributed by atoms with van der Waals surface area (Å²) < 4.78 is 11.4. The molecule has 0 atom stereocenters. The molecule has 0 spiro atoms. The highest BCUT2D eigenvalue weighted by Crippen LogP contribution is 2.23. The van der Waals surface area contributed by atoms with Gasteiger partial charge in [0.15, 0.2) is 0 Å². The summed E-state index contributed by atoms with van der Waals surface area (Å²) in [5, 5.41) is 0. The zero-order valence-corrected chi connectivity index (χ0v) is 11.7. The Kier molecular flexibility index (Phi) is 3.60. The van der Waals surface area contributed by atoms with E-state index in [0.29, 0.717) is 18.2 Å². The minimum atomic E-state index is 0.353. The third-order valence-corrected chi connectivity index (χ3v) is 3.15. The summed E-state index contributed by atoms with van der Waals surface area (Å²) in [6, 6.07) is 17.1. The Labute approximate surface area is 123 Å². The van der Waals surface area contributed by atoms with Gasteiger partial charge in [0.1, 0.15) is 23.8 Å². The van der Waals surface area contributed by atoms with Gasteiger partial charge in [-0.1, -0.05) is 24.3 Å². The molecule has 106 valence electrons. The van der Waals surface area contributed by atoms with Gasteiger partial charge in [-0.25, -0.2) is 4.98 Å². The van der Waals surface area contributed by atoms with E-state index in [9.17, 15) is 0 Å². The molecule has 3 rings (SSSR count). The van der Waals surface area contributed by atoms with Gasteiger partial charge in [-0.15, -0.1) is 0 Å². The van der Waals surface area contributed by atoms with Gasteiger partial charge in [0.25, 0.3) is 0 Å². The van der Waals surface area contributed by atoms with E-state index >= 15 is 0 Å². The number of ether oxygens (including phenoxy) is 1. The number of aromatic nitrogens is 1. The molecule has 0 bridgehead atoms. The predicted octanol–water partition coefficient (Wildman–Crippen LogP) is 3.81. The number of hydrogen-bond acceptors (Lipinski definition) is 4. The third-order valence-electron chi connectivity index (χ3n) is 3.15. The molecular weight excluding hydrogens is 264 g/mol. The first-order valence-corrected chi connectivity index (χ1v) is 6.72. The fourth-order valence-corrected chi connectivity index (χ4v) is 2.02. The summed E-state index contributed by atoms with van der Waals surface area (Å²) >= 11 is 0. The molecule has 4 heteroatoms. The maximum absolute atomic E-state index is 5.72.